The minimum Gasteiger partial charge on any atom is -0.437 e. The molecule has 0 atom stereocenters. The van der Waals surface area contributed by atoms with E-state index in [2.05, 4.69) is 20.9 Å². The Morgan fingerprint density at radius 2 is 2.14 bits per heavy atom. The van der Waals surface area contributed by atoms with Gasteiger partial charge < -0.3 is 10.5 Å². The summed E-state index contributed by atoms with van der Waals surface area (Å²) in [7, 11) is 0. The van der Waals surface area contributed by atoms with Crippen molar-refractivity contribution in [2.75, 3.05) is 0 Å². The van der Waals surface area contributed by atoms with Crippen LogP contribution in [0, 0.1) is 0 Å². The summed E-state index contributed by atoms with van der Waals surface area (Å²) >= 11 is 14.7. The van der Waals surface area contributed by atoms with Gasteiger partial charge >= 0.3 is 0 Å². The zero-order chi connectivity index (χ0) is 15.0. The number of nitrogens with zero attached hydrogens (tertiary/aromatic N) is 1. The Labute approximate surface area is 141 Å². The van der Waals surface area contributed by atoms with Crippen molar-refractivity contribution in [2.24, 2.45) is 5.73 Å². The number of benzene rings is 1. The van der Waals surface area contributed by atoms with Crippen LogP contribution in [0.15, 0.2) is 28.7 Å². The third-order valence-electron chi connectivity index (χ3n) is 3.38. The molecule has 108 valence electrons. The third-order valence-corrected chi connectivity index (χ3v) is 4.41. The maximum atomic E-state index is 6.16. The van der Waals surface area contributed by atoms with Crippen LogP contribution in [0.2, 0.25) is 5.02 Å². The molecule has 2 aromatic rings. The second-order valence-electron chi connectivity index (χ2n) is 4.84. The van der Waals surface area contributed by atoms with E-state index in [4.69, 9.17) is 34.3 Å². The van der Waals surface area contributed by atoms with E-state index >= 15 is 0 Å². The molecule has 0 saturated carbocycles. The fourth-order valence-electron chi connectivity index (χ4n) is 2.37. The standard InChI is InChI=1S/C15H12BrClN2OS/c16-9-4-5-11(17)13(7-9)20-15-10(14(18)21)6-8-2-1-3-12(8)19-15/h4-7H,1-3H2,(H2,18,21). The van der Waals surface area contributed by atoms with E-state index in [1.165, 1.54) is 5.56 Å². The SMILES string of the molecule is NC(=S)c1cc2c(nc1Oc1cc(Br)ccc1Cl)CCC2. The number of aryl methyl sites for hydroxylation is 2. The molecule has 1 aliphatic rings. The largest absolute Gasteiger partial charge is 0.437 e. The Kier molecular flexibility index (Phi) is 4.15. The maximum Gasteiger partial charge on any atom is 0.229 e. The molecule has 1 aromatic carbocycles. The Balaban J connectivity index is 2.05. The van der Waals surface area contributed by atoms with Gasteiger partial charge in [0, 0.05) is 10.2 Å². The molecule has 0 saturated heterocycles. The summed E-state index contributed by atoms with van der Waals surface area (Å²) < 4.78 is 6.74. The Bertz CT molecular complexity index is 736. The number of halogens is 2. The fraction of sp³-hybridized carbons (Fsp3) is 0.200. The molecule has 21 heavy (non-hydrogen) atoms. The minimum atomic E-state index is 0.276. The number of ether oxygens (including phenoxy) is 1. The second kappa shape index (κ2) is 5.91. The topological polar surface area (TPSA) is 48.1 Å². The summed E-state index contributed by atoms with van der Waals surface area (Å²) in [6, 6.07) is 7.38. The summed E-state index contributed by atoms with van der Waals surface area (Å²) in [5, 5.41) is 0.509. The summed E-state index contributed by atoms with van der Waals surface area (Å²) in [6.07, 6.45) is 3.06. The first kappa shape index (κ1) is 14.8. The van der Waals surface area contributed by atoms with Gasteiger partial charge in [-0.2, -0.15) is 0 Å². The number of aromatic nitrogens is 1. The van der Waals surface area contributed by atoms with Crippen LogP contribution in [-0.2, 0) is 12.8 Å². The van der Waals surface area contributed by atoms with Gasteiger partial charge in [-0.1, -0.05) is 39.7 Å². The fourth-order valence-corrected chi connectivity index (χ4v) is 3.01. The molecule has 2 N–H and O–H groups in total. The monoisotopic (exact) mass is 382 g/mol. The van der Waals surface area contributed by atoms with E-state index in [1.807, 2.05) is 12.1 Å². The molecule has 1 heterocycles. The van der Waals surface area contributed by atoms with Crippen molar-refractivity contribution in [3.63, 3.8) is 0 Å². The van der Waals surface area contributed by atoms with Crippen molar-refractivity contribution in [2.45, 2.75) is 19.3 Å². The number of nitrogens with two attached hydrogens (primary N) is 1. The number of hydrogen-bond acceptors (Lipinski definition) is 3. The zero-order valence-electron chi connectivity index (χ0n) is 11.0. The minimum absolute atomic E-state index is 0.276. The van der Waals surface area contributed by atoms with Crippen molar-refractivity contribution in [3.05, 3.63) is 50.6 Å². The molecule has 3 rings (SSSR count). The second-order valence-corrected chi connectivity index (χ2v) is 6.60. The van der Waals surface area contributed by atoms with Crippen molar-refractivity contribution >= 4 is 44.7 Å². The van der Waals surface area contributed by atoms with Gasteiger partial charge in [-0.25, -0.2) is 4.98 Å². The van der Waals surface area contributed by atoms with Gasteiger partial charge in [-0.15, -0.1) is 0 Å². The lowest BCUT2D eigenvalue weighted by atomic mass is 10.1. The van der Waals surface area contributed by atoms with Crippen LogP contribution >= 0.6 is 39.7 Å². The highest BCUT2D eigenvalue weighted by atomic mass is 79.9. The van der Waals surface area contributed by atoms with Gasteiger partial charge in [-0.05, 0) is 49.1 Å². The predicted molar refractivity (Wildman–Crippen MR) is 91.4 cm³/mol. The lowest BCUT2D eigenvalue weighted by molar-refractivity contribution is 0.460. The molecule has 1 aromatic heterocycles. The molecular weight excluding hydrogens is 372 g/mol. The highest BCUT2D eigenvalue weighted by molar-refractivity contribution is 9.10. The highest BCUT2D eigenvalue weighted by Gasteiger charge is 2.19. The molecule has 0 fully saturated rings. The number of thiocarbonyl (C=S) groups is 1. The zero-order valence-corrected chi connectivity index (χ0v) is 14.2. The molecule has 0 aliphatic heterocycles. The smallest absolute Gasteiger partial charge is 0.229 e. The van der Waals surface area contributed by atoms with Crippen LogP contribution in [-0.4, -0.2) is 9.97 Å². The van der Waals surface area contributed by atoms with Gasteiger partial charge in [0.1, 0.15) is 10.7 Å². The van der Waals surface area contributed by atoms with E-state index < -0.39 is 0 Å². The van der Waals surface area contributed by atoms with Crippen molar-refractivity contribution in [3.8, 4) is 11.6 Å². The average Bonchev–Trinajstić information content (AvgIpc) is 2.89. The highest BCUT2D eigenvalue weighted by Crippen LogP contribution is 2.34. The number of hydrogen-bond donors (Lipinski definition) is 1. The average molecular weight is 384 g/mol. The first-order valence-corrected chi connectivity index (χ1v) is 8.08. The van der Waals surface area contributed by atoms with E-state index in [0.717, 1.165) is 29.4 Å². The van der Waals surface area contributed by atoms with Crippen LogP contribution in [0.4, 0.5) is 0 Å². The van der Waals surface area contributed by atoms with Crippen LogP contribution < -0.4 is 10.5 Å². The van der Waals surface area contributed by atoms with Gasteiger partial charge in [0.25, 0.3) is 0 Å². The lowest BCUT2D eigenvalue weighted by Crippen LogP contribution is -2.13. The van der Waals surface area contributed by atoms with Gasteiger partial charge in [0.15, 0.2) is 0 Å². The molecule has 3 nitrogen and oxygen atoms in total. The summed E-state index contributed by atoms with van der Waals surface area (Å²) in [6.45, 7) is 0. The molecule has 0 spiro atoms. The van der Waals surface area contributed by atoms with Gasteiger partial charge in [0.05, 0.1) is 10.6 Å². The van der Waals surface area contributed by atoms with Crippen molar-refractivity contribution in [1.82, 2.24) is 4.98 Å². The molecule has 6 heteroatoms. The van der Waals surface area contributed by atoms with E-state index in [1.54, 1.807) is 12.1 Å². The summed E-state index contributed by atoms with van der Waals surface area (Å²) in [5.41, 5.74) is 8.71. The summed E-state index contributed by atoms with van der Waals surface area (Å²) in [5.74, 6) is 0.942. The Morgan fingerprint density at radius 1 is 1.33 bits per heavy atom. The number of rotatable bonds is 3. The molecular formula is C15H12BrClN2OS. The quantitative estimate of drug-likeness (QED) is 0.797. The first-order chi connectivity index (χ1) is 10.0. The van der Waals surface area contributed by atoms with E-state index in [-0.39, 0.29) is 4.99 Å². The van der Waals surface area contributed by atoms with Crippen molar-refractivity contribution < 1.29 is 4.74 Å². The first-order valence-electron chi connectivity index (χ1n) is 6.50. The molecule has 0 bridgehead atoms. The van der Waals surface area contributed by atoms with Crippen LogP contribution in [0.3, 0.4) is 0 Å². The number of fused-ring (bicyclic) bond motifs is 1. The molecule has 0 radical (unpaired) electrons. The van der Waals surface area contributed by atoms with Gasteiger partial charge in [-0.3, -0.25) is 0 Å². The molecule has 1 aliphatic carbocycles. The lowest BCUT2D eigenvalue weighted by Gasteiger charge is -2.13. The Hall–Kier alpha value is -1.17. The van der Waals surface area contributed by atoms with Gasteiger partial charge in [0.2, 0.25) is 5.88 Å². The van der Waals surface area contributed by atoms with E-state index in [9.17, 15) is 0 Å². The predicted octanol–water partition coefficient (Wildman–Crippen LogP) is 4.41. The maximum absolute atomic E-state index is 6.16. The number of pyridine rings is 1. The van der Waals surface area contributed by atoms with Crippen LogP contribution in [0.1, 0.15) is 23.2 Å². The summed E-state index contributed by atoms with van der Waals surface area (Å²) in [4.78, 5) is 4.85. The van der Waals surface area contributed by atoms with E-state index in [0.29, 0.717) is 22.2 Å². The normalized spacial score (nSPS) is 13.0. The molecule has 0 amide bonds. The third kappa shape index (κ3) is 3.05. The van der Waals surface area contributed by atoms with Crippen molar-refractivity contribution in [1.29, 1.82) is 0 Å². The van der Waals surface area contributed by atoms with Crippen LogP contribution in [0.25, 0.3) is 0 Å². The van der Waals surface area contributed by atoms with Crippen LogP contribution in [0.5, 0.6) is 11.6 Å². The molecule has 0 unspecified atom stereocenters. The Morgan fingerprint density at radius 3 is 2.90 bits per heavy atom.